The molecule has 3 aliphatic rings. The number of carboxylic acids is 1. The molecule has 1 saturated heterocycles. The van der Waals surface area contributed by atoms with Crippen LogP contribution in [0.15, 0.2) is 12.1 Å². The molecule has 190 valence electrons. The molecule has 1 amide bonds. The minimum atomic E-state index is -0.698. The van der Waals surface area contributed by atoms with Crippen LogP contribution in [0.5, 0.6) is 0 Å². The third-order valence-electron chi connectivity index (χ3n) is 8.22. The van der Waals surface area contributed by atoms with E-state index in [1.807, 2.05) is 13.0 Å². The lowest BCUT2D eigenvalue weighted by Crippen LogP contribution is -2.42. The Morgan fingerprint density at radius 1 is 1.17 bits per heavy atom. The van der Waals surface area contributed by atoms with Crippen molar-refractivity contribution in [1.82, 2.24) is 9.55 Å². The standard InChI is InChI=1S/C27H37N3O5/c1-17-9-11-21-22(29(17)27(33)34-2)12-13-23-25(21)28-24(14-10-20-8-3-4-15-35-20)30(23)19-7-5-6-18(16-19)26(31)32/h12-13,17-20H,3-11,14-16H2,1-2H3,(H,31,32)/t17-,18-,19+,20-/m0/s1. The Labute approximate surface area is 206 Å². The smallest absolute Gasteiger partial charge is 0.414 e. The van der Waals surface area contributed by atoms with Crippen LogP contribution >= 0.6 is 0 Å². The number of anilines is 1. The minimum absolute atomic E-state index is 0.0621. The molecule has 1 saturated carbocycles. The summed E-state index contributed by atoms with van der Waals surface area (Å²) in [6.45, 7) is 2.88. The number of hydrogen-bond donors (Lipinski definition) is 1. The number of rotatable bonds is 5. The molecule has 3 heterocycles. The lowest BCUT2D eigenvalue weighted by atomic mass is 9.85. The number of carboxylic acid groups (broad SMARTS) is 1. The number of carbonyl (C=O) groups is 2. The number of fused-ring (bicyclic) bond motifs is 3. The zero-order valence-corrected chi connectivity index (χ0v) is 20.9. The van der Waals surface area contributed by atoms with Crippen molar-refractivity contribution in [3.05, 3.63) is 23.5 Å². The van der Waals surface area contributed by atoms with Gasteiger partial charge >= 0.3 is 12.1 Å². The zero-order valence-electron chi connectivity index (χ0n) is 20.9. The van der Waals surface area contributed by atoms with Crippen molar-refractivity contribution >= 4 is 28.8 Å². The number of methoxy groups -OCH3 is 1. The first-order valence-electron chi connectivity index (χ1n) is 13.2. The zero-order chi connectivity index (χ0) is 24.5. The normalized spacial score (nSPS) is 27.0. The van der Waals surface area contributed by atoms with E-state index >= 15 is 0 Å². The van der Waals surface area contributed by atoms with Crippen molar-refractivity contribution < 1.29 is 24.2 Å². The van der Waals surface area contributed by atoms with E-state index in [2.05, 4.69) is 10.6 Å². The Morgan fingerprint density at radius 3 is 2.77 bits per heavy atom. The van der Waals surface area contributed by atoms with E-state index in [9.17, 15) is 14.7 Å². The van der Waals surface area contributed by atoms with E-state index in [1.165, 1.54) is 13.5 Å². The molecule has 1 N–H and O–H groups in total. The fraction of sp³-hybridized carbons (Fsp3) is 0.667. The van der Waals surface area contributed by atoms with Crippen molar-refractivity contribution in [3.8, 4) is 0 Å². The summed E-state index contributed by atoms with van der Waals surface area (Å²) >= 11 is 0. The van der Waals surface area contributed by atoms with Gasteiger partial charge in [-0.3, -0.25) is 9.69 Å². The quantitative estimate of drug-likeness (QED) is 0.623. The Balaban J connectivity index is 1.56. The number of hydrogen-bond acceptors (Lipinski definition) is 5. The van der Waals surface area contributed by atoms with E-state index in [1.54, 1.807) is 4.90 Å². The van der Waals surface area contributed by atoms with Gasteiger partial charge in [0.05, 0.1) is 35.9 Å². The number of aryl methyl sites for hydroxylation is 2. The van der Waals surface area contributed by atoms with Crippen LogP contribution in [0.3, 0.4) is 0 Å². The van der Waals surface area contributed by atoms with Crippen LogP contribution in [0.4, 0.5) is 10.5 Å². The van der Waals surface area contributed by atoms with Crippen LogP contribution in [0.25, 0.3) is 11.0 Å². The summed E-state index contributed by atoms with van der Waals surface area (Å²) in [4.78, 5) is 31.3. The number of imidazole rings is 1. The SMILES string of the molecule is COC(=O)N1c2ccc3c(nc(CC[C@@H]4CCCCO4)n3[C@@H]3CCC[C@H](C(=O)O)C3)c2CC[C@@H]1C. The summed E-state index contributed by atoms with van der Waals surface area (Å²) in [5.41, 5.74) is 3.96. The van der Waals surface area contributed by atoms with Crippen molar-refractivity contribution in [2.24, 2.45) is 5.92 Å². The average molecular weight is 484 g/mol. The average Bonchev–Trinajstić information content (AvgIpc) is 3.26. The molecule has 5 rings (SSSR count). The summed E-state index contributed by atoms with van der Waals surface area (Å²) in [5, 5.41) is 9.71. The molecule has 35 heavy (non-hydrogen) atoms. The lowest BCUT2D eigenvalue weighted by Gasteiger charge is -2.34. The van der Waals surface area contributed by atoms with E-state index in [4.69, 9.17) is 14.5 Å². The highest BCUT2D eigenvalue weighted by molar-refractivity contribution is 5.95. The number of aromatic nitrogens is 2. The number of nitrogens with zero attached hydrogens (tertiary/aromatic N) is 3. The maximum absolute atomic E-state index is 12.6. The summed E-state index contributed by atoms with van der Waals surface area (Å²) in [7, 11) is 1.42. The Bertz CT molecular complexity index is 1090. The fourth-order valence-electron chi connectivity index (χ4n) is 6.35. The van der Waals surface area contributed by atoms with Crippen molar-refractivity contribution in [3.63, 3.8) is 0 Å². The van der Waals surface area contributed by atoms with Gasteiger partial charge < -0.3 is 19.1 Å². The Hall–Kier alpha value is -2.61. The molecule has 2 fully saturated rings. The highest BCUT2D eigenvalue weighted by Gasteiger charge is 2.34. The monoisotopic (exact) mass is 483 g/mol. The number of benzene rings is 1. The van der Waals surface area contributed by atoms with Crippen LogP contribution in [-0.2, 0) is 27.1 Å². The predicted octanol–water partition coefficient (Wildman–Crippen LogP) is 5.26. The van der Waals surface area contributed by atoms with Crippen LogP contribution in [0.1, 0.15) is 82.1 Å². The maximum atomic E-state index is 12.6. The van der Waals surface area contributed by atoms with Gasteiger partial charge in [0.2, 0.25) is 0 Å². The van der Waals surface area contributed by atoms with E-state index in [0.29, 0.717) is 6.42 Å². The van der Waals surface area contributed by atoms with Crippen molar-refractivity contribution in [1.29, 1.82) is 0 Å². The van der Waals surface area contributed by atoms with Gasteiger partial charge in [0, 0.05) is 30.7 Å². The van der Waals surface area contributed by atoms with Gasteiger partial charge in [0.25, 0.3) is 0 Å². The first-order chi connectivity index (χ1) is 17.0. The van der Waals surface area contributed by atoms with Gasteiger partial charge in [0.15, 0.2) is 0 Å². The molecule has 0 radical (unpaired) electrons. The van der Waals surface area contributed by atoms with Crippen LogP contribution < -0.4 is 4.90 Å². The van der Waals surface area contributed by atoms with Crippen LogP contribution in [-0.4, -0.2) is 52.6 Å². The summed E-state index contributed by atoms with van der Waals surface area (Å²) < 4.78 is 13.4. The molecule has 1 aromatic heterocycles. The molecule has 2 aromatic rings. The predicted molar refractivity (Wildman–Crippen MR) is 133 cm³/mol. The molecule has 2 aliphatic heterocycles. The molecule has 0 spiro atoms. The topological polar surface area (TPSA) is 93.9 Å². The second-order valence-corrected chi connectivity index (χ2v) is 10.4. The highest BCUT2D eigenvalue weighted by Crippen LogP contribution is 2.41. The molecule has 8 heteroatoms. The van der Waals surface area contributed by atoms with Gasteiger partial charge in [0.1, 0.15) is 5.82 Å². The summed E-state index contributed by atoms with van der Waals surface area (Å²) in [6, 6.07) is 4.27. The lowest BCUT2D eigenvalue weighted by molar-refractivity contribution is -0.143. The third kappa shape index (κ3) is 4.65. The van der Waals surface area contributed by atoms with Gasteiger partial charge in [-0.2, -0.15) is 0 Å². The fourth-order valence-corrected chi connectivity index (χ4v) is 6.35. The highest BCUT2D eigenvalue weighted by atomic mass is 16.5. The molecule has 1 aromatic carbocycles. The van der Waals surface area contributed by atoms with E-state index in [0.717, 1.165) is 92.5 Å². The summed E-state index contributed by atoms with van der Waals surface area (Å²) in [5.74, 6) is 0.00670. The third-order valence-corrected chi connectivity index (χ3v) is 8.22. The minimum Gasteiger partial charge on any atom is -0.481 e. The Kier molecular flexibility index (Phi) is 7.00. The molecular formula is C27H37N3O5. The second kappa shape index (κ2) is 10.2. The van der Waals surface area contributed by atoms with Crippen molar-refractivity contribution in [2.75, 3.05) is 18.6 Å². The molecule has 8 nitrogen and oxygen atoms in total. The molecule has 0 bridgehead atoms. The largest absolute Gasteiger partial charge is 0.481 e. The number of aliphatic carboxylic acids is 1. The van der Waals surface area contributed by atoms with E-state index in [-0.39, 0.29) is 30.2 Å². The molecule has 0 unspecified atom stereocenters. The van der Waals surface area contributed by atoms with Gasteiger partial charge in [-0.15, -0.1) is 0 Å². The van der Waals surface area contributed by atoms with Crippen LogP contribution in [0, 0.1) is 5.92 Å². The van der Waals surface area contributed by atoms with Crippen LogP contribution in [0.2, 0.25) is 0 Å². The van der Waals surface area contributed by atoms with Crippen molar-refractivity contribution in [2.45, 2.75) is 95.7 Å². The second-order valence-electron chi connectivity index (χ2n) is 10.4. The Morgan fingerprint density at radius 2 is 2.03 bits per heavy atom. The molecule has 4 atom stereocenters. The molecule has 1 aliphatic carbocycles. The molecular weight excluding hydrogens is 446 g/mol. The van der Waals surface area contributed by atoms with Gasteiger partial charge in [-0.05, 0) is 76.8 Å². The number of carbonyl (C=O) groups excluding carboxylic acids is 1. The van der Waals surface area contributed by atoms with Gasteiger partial charge in [-0.25, -0.2) is 9.78 Å². The van der Waals surface area contributed by atoms with Gasteiger partial charge in [-0.1, -0.05) is 6.42 Å². The number of amides is 1. The first kappa shape index (κ1) is 24.1. The summed E-state index contributed by atoms with van der Waals surface area (Å²) in [6.07, 6.45) is 10.0. The maximum Gasteiger partial charge on any atom is 0.414 e. The first-order valence-corrected chi connectivity index (χ1v) is 13.2. The van der Waals surface area contributed by atoms with E-state index < -0.39 is 5.97 Å². The number of ether oxygens (including phenoxy) is 2.